The Labute approximate surface area is 42.7 Å². The summed E-state index contributed by atoms with van der Waals surface area (Å²) < 4.78 is 0. The SMILES string of the molecule is [NH3+][C@H]1CCCC1=O. The highest BCUT2D eigenvalue weighted by Crippen LogP contribution is 2.09. The van der Waals surface area contributed by atoms with Crippen LogP contribution in [0.25, 0.3) is 0 Å². The Morgan fingerprint density at radius 3 is 2.57 bits per heavy atom. The molecule has 2 heteroatoms. The van der Waals surface area contributed by atoms with E-state index < -0.39 is 0 Å². The molecular weight excluding hydrogens is 90.1 g/mol. The summed E-state index contributed by atoms with van der Waals surface area (Å²) in [5.41, 5.74) is 3.67. The number of hydrogen-bond donors (Lipinski definition) is 1. The Morgan fingerprint density at radius 1 is 1.71 bits per heavy atom. The van der Waals surface area contributed by atoms with Crippen molar-refractivity contribution in [2.75, 3.05) is 0 Å². The van der Waals surface area contributed by atoms with Gasteiger partial charge in [-0.05, 0) is 6.42 Å². The minimum absolute atomic E-state index is 0.125. The highest BCUT2D eigenvalue weighted by molar-refractivity contribution is 5.84. The van der Waals surface area contributed by atoms with Gasteiger partial charge >= 0.3 is 0 Å². The van der Waals surface area contributed by atoms with E-state index in [-0.39, 0.29) is 6.04 Å². The van der Waals surface area contributed by atoms with Gasteiger partial charge in [-0.15, -0.1) is 0 Å². The summed E-state index contributed by atoms with van der Waals surface area (Å²) in [6.07, 6.45) is 2.85. The van der Waals surface area contributed by atoms with Crippen LogP contribution < -0.4 is 5.73 Å². The fourth-order valence-electron chi connectivity index (χ4n) is 0.888. The molecule has 0 spiro atoms. The van der Waals surface area contributed by atoms with Crippen molar-refractivity contribution >= 4 is 5.78 Å². The van der Waals surface area contributed by atoms with Gasteiger partial charge in [0.25, 0.3) is 0 Å². The molecule has 1 aliphatic carbocycles. The van der Waals surface area contributed by atoms with E-state index in [0.717, 1.165) is 19.3 Å². The van der Waals surface area contributed by atoms with E-state index in [2.05, 4.69) is 5.73 Å². The van der Waals surface area contributed by atoms with Crippen molar-refractivity contribution in [3.05, 3.63) is 0 Å². The average Bonchev–Trinajstić information content (AvgIpc) is 1.91. The summed E-state index contributed by atoms with van der Waals surface area (Å²) in [5, 5.41) is 0. The van der Waals surface area contributed by atoms with Gasteiger partial charge in [-0.1, -0.05) is 0 Å². The van der Waals surface area contributed by atoms with E-state index in [1.165, 1.54) is 0 Å². The number of Topliss-reactive ketones (excluding diaryl/α,β-unsaturated/α-hetero) is 1. The van der Waals surface area contributed by atoms with Crippen LogP contribution in [0.3, 0.4) is 0 Å². The highest BCUT2D eigenvalue weighted by atomic mass is 16.1. The molecule has 0 aromatic carbocycles. The van der Waals surface area contributed by atoms with Crippen LogP contribution in [0.1, 0.15) is 19.3 Å². The second-order valence-corrected chi connectivity index (χ2v) is 2.06. The minimum atomic E-state index is 0.125. The average molecular weight is 100 g/mol. The Bertz CT molecular complexity index is 90.1. The zero-order valence-electron chi connectivity index (χ0n) is 4.31. The van der Waals surface area contributed by atoms with Gasteiger partial charge in [-0.2, -0.15) is 0 Å². The molecule has 0 radical (unpaired) electrons. The van der Waals surface area contributed by atoms with Crippen molar-refractivity contribution in [3.63, 3.8) is 0 Å². The van der Waals surface area contributed by atoms with Crippen molar-refractivity contribution in [2.45, 2.75) is 25.3 Å². The van der Waals surface area contributed by atoms with Crippen LogP contribution in [0.5, 0.6) is 0 Å². The highest BCUT2D eigenvalue weighted by Gasteiger charge is 2.22. The molecule has 0 bridgehead atoms. The summed E-state index contributed by atoms with van der Waals surface area (Å²) in [6, 6.07) is 0.125. The first kappa shape index (κ1) is 4.78. The number of rotatable bonds is 0. The topological polar surface area (TPSA) is 44.7 Å². The van der Waals surface area contributed by atoms with Gasteiger partial charge in [0.2, 0.25) is 0 Å². The first-order valence-corrected chi connectivity index (χ1v) is 2.66. The van der Waals surface area contributed by atoms with Gasteiger partial charge in [-0.3, -0.25) is 4.79 Å². The molecule has 0 saturated heterocycles. The number of quaternary nitrogens is 1. The molecule has 0 aromatic heterocycles. The van der Waals surface area contributed by atoms with Crippen molar-refractivity contribution in [1.29, 1.82) is 0 Å². The third kappa shape index (κ3) is 0.800. The molecule has 0 aliphatic heterocycles. The lowest BCUT2D eigenvalue weighted by atomic mass is 10.3. The molecule has 40 valence electrons. The van der Waals surface area contributed by atoms with Crippen LogP contribution in [0.2, 0.25) is 0 Å². The maximum absolute atomic E-state index is 10.5. The van der Waals surface area contributed by atoms with Crippen LogP contribution in [-0.4, -0.2) is 11.8 Å². The lowest BCUT2D eigenvalue weighted by Gasteiger charge is -1.88. The van der Waals surface area contributed by atoms with Crippen molar-refractivity contribution in [3.8, 4) is 0 Å². The Hall–Kier alpha value is -0.370. The Morgan fingerprint density at radius 2 is 2.43 bits per heavy atom. The number of ketones is 1. The number of hydrogen-bond acceptors (Lipinski definition) is 1. The van der Waals surface area contributed by atoms with Gasteiger partial charge in [-0.25, -0.2) is 0 Å². The summed E-state index contributed by atoms with van der Waals surface area (Å²) in [6.45, 7) is 0. The predicted molar refractivity (Wildman–Crippen MR) is 25.5 cm³/mol. The molecule has 7 heavy (non-hydrogen) atoms. The van der Waals surface area contributed by atoms with E-state index in [1.807, 2.05) is 0 Å². The Kier molecular flexibility index (Phi) is 1.11. The number of carbonyl (C=O) groups is 1. The first-order valence-electron chi connectivity index (χ1n) is 2.66. The summed E-state index contributed by atoms with van der Waals surface area (Å²) in [4.78, 5) is 10.5. The van der Waals surface area contributed by atoms with E-state index in [1.54, 1.807) is 0 Å². The van der Waals surface area contributed by atoms with E-state index in [9.17, 15) is 4.79 Å². The second-order valence-electron chi connectivity index (χ2n) is 2.06. The van der Waals surface area contributed by atoms with Gasteiger partial charge in [0, 0.05) is 12.8 Å². The fraction of sp³-hybridized carbons (Fsp3) is 0.800. The zero-order valence-corrected chi connectivity index (χ0v) is 4.31. The molecule has 1 aliphatic rings. The van der Waals surface area contributed by atoms with E-state index in [0.29, 0.717) is 5.78 Å². The zero-order chi connectivity index (χ0) is 5.28. The van der Waals surface area contributed by atoms with Crippen LogP contribution in [0, 0.1) is 0 Å². The third-order valence-corrected chi connectivity index (χ3v) is 1.43. The molecular formula is C5H10NO+. The molecule has 0 heterocycles. The maximum Gasteiger partial charge on any atom is 0.189 e. The molecule has 1 fully saturated rings. The molecule has 1 atom stereocenters. The summed E-state index contributed by atoms with van der Waals surface area (Å²) in [5.74, 6) is 0.347. The van der Waals surface area contributed by atoms with Gasteiger partial charge < -0.3 is 5.73 Å². The fourth-order valence-corrected chi connectivity index (χ4v) is 0.888. The number of carbonyl (C=O) groups excluding carboxylic acids is 1. The quantitative estimate of drug-likeness (QED) is 0.432. The standard InChI is InChI=1S/C5H9NO/c6-4-2-1-3-5(4)7/h4H,1-3,6H2/p+1/t4-/m0/s1. The van der Waals surface area contributed by atoms with E-state index in [4.69, 9.17) is 0 Å². The smallest absolute Gasteiger partial charge is 0.189 e. The molecule has 0 amide bonds. The van der Waals surface area contributed by atoms with Crippen LogP contribution in [-0.2, 0) is 4.79 Å². The molecule has 3 N–H and O–H groups in total. The first-order chi connectivity index (χ1) is 3.30. The van der Waals surface area contributed by atoms with Crippen LogP contribution in [0.4, 0.5) is 0 Å². The van der Waals surface area contributed by atoms with Gasteiger partial charge in [0.15, 0.2) is 5.78 Å². The van der Waals surface area contributed by atoms with Crippen molar-refractivity contribution in [2.24, 2.45) is 0 Å². The molecule has 0 aromatic rings. The summed E-state index contributed by atoms with van der Waals surface area (Å²) in [7, 11) is 0. The summed E-state index contributed by atoms with van der Waals surface area (Å²) >= 11 is 0. The second kappa shape index (κ2) is 1.62. The monoisotopic (exact) mass is 100 g/mol. The predicted octanol–water partition coefficient (Wildman–Crippen LogP) is -0.650. The van der Waals surface area contributed by atoms with Crippen molar-refractivity contribution in [1.82, 2.24) is 0 Å². The van der Waals surface area contributed by atoms with Crippen LogP contribution >= 0.6 is 0 Å². The molecule has 0 unspecified atom stereocenters. The van der Waals surface area contributed by atoms with Crippen molar-refractivity contribution < 1.29 is 10.5 Å². The maximum atomic E-state index is 10.5. The largest absolute Gasteiger partial charge is 0.349 e. The van der Waals surface area contributed by atoms with Crippen LogP contribution in [0.15, 0.2) is 0 Å². The van der Waals surface area contributed by atoms with Gasteiger partial charge in [0.1, 0.15) is 6.04 Å². The molecule has 1 saturated carbocycles. The normalized spacial score (nSPS) is 31.6. The van der Waals surface area contributed by atoms with Gasteiger partial charge in [0.05, 0.1) is 0 Å². The lowest BCUT2D eigenvalue weighted by Crippen LogP contribution is -2.62. The minimum Gasteiger partial charge on any atom is -0.349 e. The molecule has 2 nitrogen and oxygen atoms in total. The Balaban J connectivity index is 2.48. The molecule has 1 rings (SSSR count). The third-order valence-electron chi connectivity index (χ3n) is 1.43. The van der Waals surface area contributed by atoms with E-state index >= 15 is 0 Å². The lowest BCUT2D eigenvalue weighted by molar-refractivity contribution is -0.401.